The predicted octanol–water partition coefficient (Wildman–Crippen LogP) is 4.24. The molecule has 2 aromatic carbocycles. The molecule has 0 fully saturated rings. The van der Waals surface area contributed by atoms with Gasteiger partial charge in [-0.1, -0.05) is 32.0 Å². The molecule has 0 spiro atoms. The van der Waals surface area contributed by atoms with Crippen LogP contribution < -0.4 is 15.2 Å². The maximum atomic E-state index is 5.70. The van der Waals surface area contributed by atoms with Gasteiger partial charge in [-0.05, 0) is 35.7 Å². The lowest BCUT2D eigenvalue weighted by molar-refractivity contribution is 0.247. The second kappa shape index (κ2) is 7.58. The lowest BCUT2D eigenvalue weighted by Crippen LogP contribution is -2.05. The number of ether oxygens (including phenoxy) is 2. The van der Waals surface area contributed by atoms with Crippen LogP contribution in [0.3, 0.4) is 0 Å². The molecule has 3 heteroatoms. The first kappa shape index (κ1) is 15.2. The Balaban J connectivity index is 1.67. The molecular weight excluding hydrogens is 262 g/mol. The van der Waals surface area contributed by atoms with Gasteiger partial charge < -0.3 is 15.2 Å². The summed E-state index contributed by atoms with van der Waals surface area (Å²) in [5.74, 6) is 2.26. The van der Waals surface area contributed by atoms with Gasteiger partial charge in [-0.2, -0.15) is 0 Å². The number of hydrogen-bond donors (Lipinski definition) is 1. The first-order valence-corrected chi connectivity index (χ1v) is 7.36. The quantitative estimate of drug-likeness (QED) is 0.611. The maximum Gasteiger partial charge on any atom is 0.121 e. The SMILES string of the molecule is CC(C)c1ccc(OCCCOc2cccc(N)c2)cc1. The summed E-state index contributed by atoms with van der Waals surface area (Å²) in [5.41, 5.74) is 7.74. The third-order valence-corrected chi connectivity index (χ3v) is 3.23. The molecule has 0 bridgehead atoms. The second-order valence-electron chi connectivity index (χ2n) is 5.35. The minimum atomic E-state index is 0.547. The van der Waals surface area contributed by atoms with E-state index < -0.39 is 0 Å². The molecule has 0 aliphatic heterocycles. The molecule has 2 rings (SSSR count). The third-order valence-electron chi connectivity index (χ3n) is 3.23. The zero-order valence-corrected chi connectivity index (χ0v) is 12.7. The molecule has 0 atom stereocenters. The summed E-state index contributed by atoms with van der Waals surface area (Å²) >= 11 is 0. The van der Waals surface area contributed by atoms with Gasteiger partial charge in [0.05, 0.1) is 13.2 Å². The molecule has 112 valence electrons. The fourth-order valence-corrected chi connectivity index (χ4v) is 1.99. The largest absolute Gasteiger partial charge is 0.493 e. The Labute approximate surface area is 126 Å². The number of hydrogen-bond acceptors (Lipinski definition) is 3. The number of anilines is 1. The number of nitrogen functional groups attached to an aromatic ring is 1. The predicted molar refractivity (Wildman–Crippen MR) is 87.0 cm³/mol. The normalized spacial score (nSPS) is 10.6. The van der Waals surface area contributed by atoms with E-state index in [0.717, 1.165) is 17.9 Å². The van der Waals surface area contributed by atoms with Crippen LogP contribution in [-0.2, 0) is 0 Å². The molecule has 0 unspecified atom stereocenters. The highest BCUT2D eigenvalue weighted by molar-refractivity contribution is 5.43. The summed E-state index contributed by atoms with van der Waals surface area (Å²) in [5, 5.41) is 0. The minimum Gasteiger partial charge on any atom is -0.493 e. The van der Waals surface area contributed by atoms with Crippen molar-refractivity contribution in [1.82, 2.24) is 0 Å². The first-order valence-electron chi connectivity index (χ1n) is 7.36. The van der Waals surface area contributed by atoms with Crippen LogP contribution in [-0.4, -0.2) is 13.2 Å². The molecule has 2 aromatic rings. The fourth-order valence-electron chi connectivity index (χ4n) is 1.99. The van der Waals surface area contributed by atoms with E-state index in [1.165, 1.54) is 5.56 Å². The van der Waals surface area contributed by atoms with E-state index in [4.69, 9.17) is 15.2 Å². The van der Waals surface area contributed by atoms with Gasteiger partial charge in [0.1, 0.15) is 11.5 Å². The lowest BCUT2D eigenvalue weighted by atomic mass is 10.0. The van der Waals surface area contributed by atoms with E-state index in [-0.39, 0.29) is 0 Å². The highest BCUT2D eigenvalue weighted by Crippen LogP contribution is 2.19. The van der Waals surface area contributed by atoms with Crippen LogP contribution in [0.25, 0.3) is 0 Å². The van der Waals surface area contributed by atoms with E-state index in [9.17, 15) is 0 Å². The first-order chi connectivity index (χ1) is 10.1. The van der Waals surface area contributed by atoms with Crippen LogP contribution in [0, 0.1) is 0 Å². The molecule has 0 saturated carbocycles. The maximum absolute atomic E-state index is 5.70. The van der Waals surface area contributed by atoms with Crippen molar-refractivity contribution in [2.24, 2.45) is 0 Å². The summed E-state index contributed by atoms with van der Waals surface area (Å²) in [6.07, 6.45) is 0.834. The standard InChI is InChI=1S/C18H23NO2/c1-14(2)15-7-9-17(10-8-15)20-11-4-12-21-18-6-3-5-16(19)13-18/h3,5-10,13-14H,4,11-12,19H2,1-2H3. The molecule has 0 saturated heterocycles. The van der Waals surface area contributed by atoms with Crippen molar-refractivity contribution in [1.29, 1.82) is 0 Å². The Morgan fingerprint density at radius 1 is 0.905 bits per heavy atom. The van der Waals surface area contributed by atoms with Crippen LogP contribution in [0.15, 0.2) is 48.5 Å². The van der Waals surface area contributed by atoms with Crippen molar-refractivity contribution in [3.05, 3.63) is 54.1 Å². The fraction of sp³-hybridized carbons (Fsp3) is 0.333. The number of nitrogens with two attached hydrogens (primary N) is 1. The van der Waals surface area contributed by atoms with Gasteiger partial charge in [0, 0.05) is 18.2 Å². The highest BCUT2D eigenvalue weighted by atomic mass is 16.5. The number of rotatable bonds is 7. The van der Waals surface area contributed by atoms with Crippen molar-refractivity contribution >= 4 is 5.69 Å². The Morgan fingerprint density at radius 3 is 2.19 bits per heavy atom. The molecule has 0 radical (unpaired) electrons. The summed E-state index contributed by atoms with van der Waals surface area (Å²) in [6, 6.07) is 15.7. The third kappa shape index (κ3) is 5.03. The van der Waals surface area contributed by atoms with Crippen molar-refractivity contribution in [3.8, 4) is 11.5 Å². The minimum absolute atomic E-state index is 0.547. The lowest BCUT2D eigenvalue weighted by Gasteiger charge is -2.10. The van der Waals surface area contributed by atoms with Crippen molar-refractivity contribution in [2.75, 3.05) is 18.9 Å². The van der Waals surface area contributed by atoms with Gasteiger partial charge >= 0.3 is 0 Å². The average Bonchev–Trinajstić information content (AvgIpc) is 2.47. The second-order valence-corrected chi connectivity index (χ2v) is 5.35. The molecule has 0 aliphatic carbocycles. The van der Waals surface area contributed by atoms with Gasteiger partial charge in [0.25, 0.3) is 0 Å². The average molecular weight is 285 g/mol. The van der Waals surface area contributed by atoms with E-state index in [2.05, 4.69) is 26.0 Å². The van der Waals surface area contributed by atoms with Crippen LogP contribution in [0.1, 0.15) is 31.7 Å². The van der Waals surface area contributed by atoms with Crippen LogP contribution in [0.2, 0.25) is 0 Å². The Kier molecular flexibility index (Phi) is 5.50. The summed E-state index contributed by atoms with van der Waals surface area (Å²) < 4.78 is 11.3. The summed E-state index contributed by atoms with van der Waals surface area (Å²) in [7, 11) is 0. The van der Waals surface area contributed by atoms with E-state index in [0.29, 0.717) is 24.8 Å². The molecule has 2 N–H and O–H groups in total. The van der Waals surface area contributed by atoms with E-state index >= 15 is 0 Å². The van der Waals surface area contributed by atoms with Crippen molar-refractivity contribution < 1.29 is 9.47 Å². The molecule has 0 heterocycles. The van der Waals surface area contributed by atoms with Gasteiger partial charge in [-0.3, -0.25) is 0 Å². The zero-order chi connectivity index (χ0) is 15.1. The van der Waals surface area contributed by atoms with Crippen LogP contribution >= 0.6 is 0 Å². The van der Waals surface area contributed by atoms with Crippen LogP contribution in [0.4, 0.5) is 5.69 Å². The summed E-state index contributed by atoms with van der Waals surface area (Å²) in [6.45, 7) is 5.63. The molecule has 0 amide bonds. The van der Waals surface area contributed by atoms with Crippen molar-refractivity contribution in [3.63, 3.8) is 0 Å². The molecule has 3 nitrogen and oxygen atoms in total. The van der Waals surface area contributed by atoms with Gasteiger partial charge in [-0.25, -0.2) is 0 Å². The van der Waals surface area contributed by atoms with Gasteiger partial charge in [-0.15, -0.1) is 0 Å². The van der Waals surface area contributed by atoms with Gasteiger partial charge in [0.15, 0.2) is 0 Å². The molecule has 0 aliphatic rings. The van der Waals surface area contributed by atoms with Crippen molar-refractivity contribution in [2.45, 2.75) is 26.2 Å². The van der Waals surface area contributed by atoms with E-state index in [1.807, 2.05) is 36.4 Å². The number of benzene rings is 2. The zero-order valence-electron chi connectivity index (χ0n) is 12.7. The Bertz CT molecular complexity index is 549. The highest BCUT2D eigenvalue weighted by Gasteiger charge is 2.00. The molecular formula is C18H23NO2. The smallest absolute Gasteiger partial charge is 0.121 e. The summed E-state index contributed by atoms with van der Waals surface area (Å²) in [4.78, 5) is 0. The topological polar surface area (TPSA) is 44.5 Å². The monoisotopic (exact) mass is 285 g/mol. The molecule has 21 heavy (non-hydrogen) atoms. The van der Waals surface area contributed by atoms with Gasteiger partial charge in [0.2, 0.25) is 0 Å². The Hall–Kier alpha value is -2.16. The van der Waals surface area contributed by atoms with Crippen LogP contribution in [0.5, 0.6) is 11.5 Å². The Morgan fingerprint density at radius 2 is 1.57 bits per heavy atom. The molecule has 0 aromatic heterocycles. The van der Waals surface area contributed by atoms with E-state index in [1.54, 1.807) is 0 Å².